The standard InChI is InChI=1S/C16H18FN3OS.2ClH/c17-12-6-4-10(5-7-12)16-20-14(9-22-16)15(21)19-13-3-1-2-11(13)8-18;;/h4-7,9,11,13H,1-3,8,18H2,(H,19,21);2*1H. The summed E-state index contributed by atoms with van der Waals surface area (Å²) in [5.41, 5.74) is 6.96. The van der Waals surface area contributed by atoms with Gasteiger partial charge in [0, 0.05) is 17.0 Å². The summed E-state index contributed by atoms with van der Waals surface area (Å²) in [5.74, 6) is -0.0820. The quantitative estimate of drug-likeness (QED) is 0.835. The van der Waals surface area contributed by atoms with E-state index >= 15 is 0 Å². The molecular weight excluding hydrogens is 372 g/mol. The van der Waals surface area contributed by atoms with Gasteiger partial charge < -0.3 is 11.1 Å². The highest BCUT2D eigenvalue weighted by Gasteiger charge is 2.28. The Morgan fingerprint density at radius 1 is 1.29 bits per heavy atom. The molecule has 1 amide bonds. The zero-order chi connectivity index (χ0) is 15.5. The average molecular weight is 392 g/mol. The Hall–Kier alpha value is -1.21. The minimum atomic E-state index is -0.285. The first-order valence-electron chi connectivity index (χ1n) is 7.40. The molecule has 132 valence electrons. The SMILES string of the molecule is Cl.Cl.NCC1CCCC1NC(=O)c1csc(-c2ccc(F)cc2)n1. The van der Waals surface area contributed by atoms with Crippen LogP contribution in [0.15, 0.2) is 29.6 Å². The molecule has 0 bridgehead atoms. The third-order valence-corrected chi connectivity index (χ3v) is 5.00. The zero-order valence-electron chi connectivity index (χ0n) is 12.9. The van der Waals surface area contributed by atoms with Crippen molar-refractivity contribution in [1.29, 1.82) is 0 Å². The van der Waals surface area contributed by atoms with E-state index in [1.165, 1.54) is 23.5 Å². The first-order valence-corrected chi connectivity index (χ1v) is 8.27. The van der Waals surface area contributed by atoms with Gasteiger partial charge in [-0.05, 0) is 49.6 Å². The second-order valence-electron chi connectivity index (χ2n) is 5.55. The highest BCUT2D eigenvalue weighted by molar-refractivity contribution is 7.13. The van der Waals surface area contributed by atoms with Crippen molar-refractivity contribution in [2.24, 2.45) is 11.7 Å². The highest BCUT2D eigenvalue weighted by Crippen LogP contribution is 2.26. The molecule has 2 atom stereocenters. The van der Waals surface area contributed by atoms with Crippen LogP contribution in [0.25, 0.3) is 10.6 Å². The van der Waals surface area contributed by atoms with Crippen LogP contribution in [0.3, 0.4) is 0 Å². The molecule has 1 heterocycles. The largest absolute Gasteiger partial charge is 0.348 e. The van der Waals surface area contributed by atoms with Crippen LogP contribution in [-0.2, 0) is 0 Å². The second kappa shape index (κ2) is 9.32. The number of hydrogen-bond donors (Lipinski definition) is 2. The maximum absolute atomic E-state index is 12.9. The van der Waals surface area contributed by atoms with E-state index in [4.69, 9.17) is 5.73 Å². The fourth-order valence-electron chi connectivity index (χ4n) is 2.85. The molecule has 1 aromatic heterocycles. The molecule has 1 saturated carbocycles. The van der Waals surface area contributed by atoms with Crippen LogP contribution in [0.2, 0.25) is 0 Å². The maximum atomic E-state index is 12.9. The number of halogens is 3. The first kappa shape index (κ1) is 20.8. The van der Waals surface area contributed by atoms with Gasteiger partial charge in [0.25, 0.3) is 5.91 Å². The monoisotopic (exact) mass is 391 g/mol. The number of nitrogens with zero attached hydrogens (tertiary/aromatic N) is 1. The van der Waals surface area contributed by atoms with E-state index in [1.54, 1.807) is 17.5 Å². The summed E-state index contributed by atoms with van der Waals surface area (Å²) in [6, 6.07) is 6.25. The van der Waals surface area contributed by atoms with Crippen molar-refractivity contribution < 1.29 is 9.18 Å². The molecule has 1 aromatic carbocycles. The molecule has 0 radical (unpaired) electrons. The number of benzene rings is 1. The van der Waals surface area contributed by atoms with Crippen LogP contribution in [0, 0.1) is 11.7 Å². The number of nitrogens with one attached hydrogen (secondary N) is 1. The Bertz CT molecular complexity index is 666. The third-order valence-electron chi connectivity index (χ3n) is 4.11. The van der Waals surface area contributed by atoms with Gasteiger partial charge in [-0.3, -0.25) is 4.79 Å². The number of thiazole rings is 1. The Balaban J connectivity index is 0.00000144. The van der Waals surface area contributed by atoms with Gasteiger partial charge in [0.05, 0.1) is 0 Å². The van der Waals surface area contributed by atoms with E-state index in [0.717, 1.165) is 24.8 Å². The van der Waals surface area contributed by atoms with Gasteiger partial charge in [-0.1, -0.05) is 6.42 Å². The molecule has 0 aliphatic heterocycles. The molecule has 1 fully saturated rings. The first-order chi connectivity index (χ1) is 10.7. The van der Waals surface area contributed by atoms with E-state index < -0.39 is 0 Å². The highest BCUT2D eigenvalue weighted by atomic mass is 35.5. The number of rotatable bonds is 4. The number of carbonyl (C=O) groups is 1. The molecule has 1 aliphatic rings. The summed E-state index contributed by atoms with van der Waals surface area (Å²) < 4.78 is 12.9. The molecule has 1 aliphatic carbocycles. The minimum absolute atomic E-state index is 0. The molecule has 0 spiro atoms. The molecule has 0 saturated heterocycles. The van der Waals surface area contributed by atoms with Crippen LogP contribution >= 0.6 is 36.2 Å². The number of carbonyl (C=O) groups excluding carboxylic acids is 1. The normalized spacial score (nSPS) is 19.2. The minimum Gasteiger partial charge on any atom is -0.348 e. The number of aromatic nitrogens is 1. The van der Waals surface area contributed by atoms with Crippen molar-refractivity contribution in [3.05, 3.63) is 41.2 Å². The van der Waals surface area contributed by atoms with E-state index in [1.807, 2.05) is 0 Å². The number of amides is 1. The lowest BCUT2D eigenvalue weighted by molar-refractivity contribution is 0.0924. The smallest absolute Gasteiger partial charge is 0.271 e. The lowest BCUT2D eigenvalue weighted by Crippen LogP contribution is -2.40. The van der Waals surface area contributed by atoms with Crippen molar-refractivity contribution >= 4 is 42.1 Å². The Morgan fingerprint density at radius 2 is 2.00 bits per heavy atom. The topological polar surface area (TPSA) is 68.0 Å². The van der Waals surface area contributed by atoms with Gasteiger partial charge in [-0.2, -0.15) is 0 Å². The Kier molecular flexibility index (Phi) is 8.09. The van der Waals surface area contributed by atoms with Crippen molar-refractivity contribution in [1.82, 2.24) is 10.3 Å². The van der Waals surface area contributed by atoms with Crippen molar-refractivity contribution in [3.63, 3.8) is 0 Å². The van der Waals surface area contributed by atoms with E-state index in [-0.39, 0.29) is 42.6 Å². The summed E-state index contributed by atoms with van der Waals surface area (Å²) in [5, 5.41) is 5.49. The lowest BCUT2D eigenvalue weighted by atomic mass is 10.0. The van der Waals surface area contributed by atoms with Crippen molar-refractivity contribution in [2.75, 3.05) is 6.54 Å². The summed E-state index contributed by atoms with van der Waals surface area (Å²) >= 11 is 1.38. The molecule has 8 heteroatoms. The van der Waals surface area contributed by atoms with Gasteiger partial charge in [0.2, 0.25) is 0 Å². The Morgan fingerprint density at radius 3 is 2.67 bits per heavy atom. The Labute approximate surface area is 156 Å². The number of nitrogens with two attached hydrogens (primary N) is 1. The van der Waals surface area contributed by atoms with Gasteiger partial charge in [0.15, 0.2) is 0 Å². The molecule has 4 nitrogen and oxygen atoms in total. The molecule has 2 unspecified atom stereocenters. The summed E-state index contributed by atoms with van der Waals surface area (Å²) in [4.78, 5) is 16.6. The van der Waals surface area contributed by atoms with Crippen molar-refractivity contribution in [3.8, 4) is 10.6 Å². The average Bonchev–Trinajstić information content (AvgIpc) is 3.16. The van der Waals surface area contributed by atoms with E-state index in [9.17, 15) is 9.18 Å². The maximum Gasteiger partial charge on any atom is 0.271 e. The summed E-state index contributed by atoms with van der Waals surface area (Å²) in [7, 11) is 0. The van der Waals surface area contributed by atoms with Crippen molar-refractivity contribution in [2.45, 2.75) is 25.3 Å². The lowest BCUT2D eigenvalue weighted by Gasteiger charge is -2.18. The predicted octanol–water partition coefficient (Wildman–Crippen LogP) is 3.65. The van der Waals surface area contributed by atoms with Gasteiger partial charge in [-0.15, -0.1) is 36.2 Å². The van der Waals surface area contributed by atoms with Crippen LogP contribution in [0.5, 0.6) is 0 Å². The van der Waals surface area contributed by atoms with Crippen LogP contribution in [-0.4, -0.2) is 23.5 Å². The fourth-order valence-corrected chi connectivity index (χ4v) is 3.66. The summed E-state index contributed by atoms with van der Waals surface area (Å²) in [6.07, 6.45) is 3.15. The predicted molar refractivity (Wildman–Crippen MR) is 99.7 cm³/mol. The molecular formula is C16H20Cl2FN3OS. The van der Waals surface area contributed by atoms with Gasteiger partial charge in [0.1, 0.15) is 16.5 Å². The van der Waals surface area contributed by atoms with Crippen LogP contribution in [0.4, 0.5) is 4.39 Å². The zero-order valence-corrected chi connectivity index (χ0v) is 15.4. The third kappa shape index (κ3) is 4.66. The van der Waals surface area contributed by atoms with Crippen LogP contribution in [0.1, 0.15) is 29.8 Å². The van der Waals surface area contributed by atoms with Crippen LogP contribution < -0.4 is 11.1 Å². The summed E-state index contributed by atoms with van der Waals surface area (Å²) in [6.45, 7) is 0.600. The van der Waals surface area contributed by atoms with Gasteiger partial charge in [-0.25, -0.2) is 9.37 Å². The molecule has 24 heavy (non-hydrogen) atoms. The van der Waals surface area contributed by atoms with Gasteiger partial charge >= 0.3 is 0 Å². The van der Waals surface area contributed by atoms with E-state index in [2.05, 4.69) is 10.3 Å². The number of hydrogen-bond acceptors (Lipinski definition) is 4. The fraction of sp³-hybridized carbons (Fsp3) is 0.375. The molecule has 3 rings (SSSR count). The molecule has 3 N–H and O–H groups in total. The van der Waals surface area contributed by atoms with E-state index in [0.29, 0.717) is 23.2 Å². The molecule has 2 aromatic rings. The second-order valence-corrected chi connectivity index (χ2v) is 6.41.